The summed E-state index contributed by atoms with van der Waals surface area (Å²) in [6.07, 6.45) is 2.08. The number of hydrogen-bond donors (Lipinski definition) is 0. The van der Waals surface area contributed by atoms with Gasteiger partial charge in [-0.25, -0.2) is 0 Å². The second kappa shape index (κ2) is 3.70. The van der Waals surface area contributed by atoms with Crippen molar-refractivity contribution >= 4 is 11.8 Å². The van der Waals surface area contributed by atoms with Crippen LogP contribution in [0.4, 0.5) is 5.69 Å². The highest BCUT2D eigenvalue weighted by Gasteiger charge is 2.01. The summed E-state index contributed by atoms with van der Waals surface area (Å²) in [5, 5.41) is 13.5. The van der Waals surface area contributed by atoms with Gasteiger partial charge in [0.2, 0.25) is 0 Å². The van der Waals surface area contributed by atoms with Gasteiger partial charge >= 0.3 is 0 Å². The standard InChI is InChI=1S/C13H9N3/c1-2-5-10(6-3-1)9-11-7-4-8-12-13(11)15-16-14-12/h1-9H. The van der Waals surface area contributed by atoms with E-state index in [1.807, 2.05) is 36.4 Å². The van der Waals surface area contributed by atoms with E-state index < -0.39 is 0 Å². The van der Waals surface area contributed by atoms with Crippen molar-refractivity contribution < 1.29 is 0 Å². The van der Waals surface area contributed by atoms with E-state index in [0.29, 0.717) is 0 Å². The van der Waals surface area contributed by atoms with Crippen molar-refractivity contribution in [2.45, 2.75) is 0 Å². The van der Waals surface area contributed by atoms with Crippen molar-refractivity contribution in [3.8, 4) is 0 Å². The molecule has 0 atom stereocenters. The number of benzene rings is 2. The minimum atomic E-state index is 0.838. The van der Waals surface area contributed by atoms with E-state index >= 15 is 0 Å². The Morgan fingerprint density at radius 1 is 0.875 bits per heavy atom. The van der Waals surface area contributed by atoms with Crippen LogP contribution in [0.25, 0.3) is 6.08 Å². The first kappa shape index (κ1) is 8.97. The topological polar surface area (TPSA) is 37.1 Å². The Balaban J connectivity index is 2.23. The fraction of sp³-hybridized carbons (Fsp3) is 0. The third kappa shape index (κ3) is 1.52. The molecule has 0 aromatic heterocycles. The predicted molar refractivity (Wildman–Crippen MR) is 61.7 cm³/mol. The fourth-order valence-corrected chi connectivity index (χ4v) is 1.70. The maximum Gasteiger partial charge on any atom is 0.122 e. The molecule has 1 aliphatic rings. The van der Waals surface area contributed by atoms with Crippen molar-refractivity contribution in [3.63, 3.8) is 0 Å². The van der Waals surface area contributed by atoms with Gasteiger partial charge in [-0.15, -0.1) is 10.2 Å². The summed E-state index contributed by atoms with van der Waals surface area (Å²) in [4.78, 5) is 0. The summed E-state index contributed by atoms with van der Waals surface area (Å²) in [5.41, 5.74) is 1.99. The van der Waals surface area contributed by atoms with Crippen LogP contribution in [0.15, 0.2) is 64.0 Å². The summed E-state index contributed by atoms with van der Waals surface area (Å²) in [6.45, 7) is 0. The van der Waals surface area contributed by atoms with Crippen LogP contribution in [-0.2, 0) is 0 Å². The van der Waals surface area contributed by atoms with E-state index in [1.165, 1.54) is 0 Å². The molecule has 0 N–H and O–H groups in total. The lowest BCUT2D eigenvalue weighted by Gasteiger charge is -1.92. The number of fused-ring (bicyclic) bond motifs is 1. The molecule has 0 saturated carbocycles. The highest BCUT2D eigenvalue weighted by atomic mass is 15.4. The minimum Gasteiger partial charge on any atom is -0.128 e. The molecular formula is C13H9N3. The average Bonchev–Trinajstić information content (AvgIpc) is 2.80. The molecule has 0 saturated heterocycles. The summed E-state index contributed by atoms with van der Waals surface area (Å²) in [6, 6.07) is 16.0. The third-order valence-corrected chi connectivity index (χ3v) is 2.46. The molecule has 0 radical (unpaired) electrons. The van der Waals surface area contributed by atoms with E-state index in [1.54, 1.807) is 0 Å². The molecule has 1 heterocycles. The maximum atomic E-state index is 4.02. The van der Waals surface area contributed by atoms with Gasteiger partial charge in [-0.3, -0.25) is 0 Å². The van der Waals surface area contributed by atoms with E-state index in [4.69, 9.17) is 0 Å². The Hall–Kier alpha value is -2.29. The molecule has 16 heavy (non-hydrogen) atoms. The smallest absolute Gasteiger partial charge is 0.122 e. The van der Waals surface area contributed by atoms with Crippen molar-refractivity contribution in [1.82, 2.24) is 0 Å². The summed E-state index contributed by atoms with van der Waals surface area (Å²) in [5.74, 6) is 0. The van der Waals surface area contributed by atoms with Crippen LogP contribution in [0.3, 0.4) is 0 Å². The lowest BCUT2D eigenvalue weighted by molar-refractivity contribution is 1.08. The Labute approximate surface area is 92.5 Å². The lowest BCUT2D eigenvalue weighted by atomic mass is 10.1. The molecule has 3 rings (SSSR count). The highest BCUT2D eigenvalue weighted by Crippen LogP contribution is 2.07. The largest absolute Gasteiger partial charge is 0.128 e. The molecule has 0 bridgehead atoms. The molecule has 76 valence electrons. The van der Waals surface area contributed by atoms with Gasteiger partial charge in [0.1, 0.15) is 11.0 Å². The van der Waals surface area contributed by atoms with Crippen LogP contribution in [0.5, 0.6) is 0 Å². The van der Waals surface area contributed by atoms with Crippen LogP contribution in [0.1, 0.15) is 5.56 Å². The van der Waals surface area contributed by atoms with Gasteiger partial charge in [0.25, 0.3) is 0 Å². The minimum absolute atomic E-state index is 0.838. The van der Waals surface area contributed by atoms with E-state index in [2.05, 4.69) is 33.6 Å². The van der Waals surface area contributed by atoms with Gasteiger partial charge in [0.05, 0.1) is 0 Å². The molecule has 2 aromatic carbocycles. The fourth-order valence-electron chi connectivity index (χ4n) is 1.70. The summed E-state index contributed by atoms with van der Waals surface area (Å²) in [7, 11) is 0. The summed E-state index contributed by atoms with van der Waals surface area (Å²) >= 11 is 0. The van der Waals surface area contributed by atoms with Crippen molar-refractivity contribution in [3.05, 3.63) is 64.7 Å². The van der Waals surface area contributed by atoms with Gasteiger partial charge in [0, 0.05) is 5.22 Å². The normalized spacial score (nSPS) is 13.6. The Morgan fingerprint density at radius 2 is 1.75 bits per heavy atom. The number of nitrogens with zero attached hydrogens (tertiary/aromatic N) is 3. The summed E-state index contributed by atoms with van der Waals surface area (Å²) < 4.78 is 0. The van der Waals surface area contributed by atoms with Gasteiger partial charge in [-0.2, -0.15) is 0 Å². The molecule has 0 aliphatic carbocycles. The quantitative estimate of drug-likeness (QED) is 0.687. The van der Waals surface area contributed by atoms with Crippen molar-refractivity contribution in [1.29, 1.82) is 0 Å². The molecule has 3 nitrogen and oxygen atoms in total. The van der Waals surface area contributed by atoms with Crippen LogP contribution >= 0.6 is 0 Å². The molecule has 3 heteroatoms. The van der Waals surface area contributed by atoms with Crippen LogP contribution in [0, 0.1) is 0 Å². The second-order valence-electron chi connectivity index (χ2n) is 3.56. The second-order valence-corrected chi connectivity index (χ2v) is 3.56. The van der Waals surface area contributed by atoms with Crippen molar-refractivity contribution in [2.75, 3.05) is 0 Å². The first-order chi connectivity index (χ1) is 7.93. The molecule has 0 fully saturated rings. The zero-order chi connectivity index (χ0) is 10.8. The lowest BCUT2D eigenvalue weighted by Crippen LogP contribution is -2.23. The van der Waals surface area contributed by atoms with E-state index in [9.17, 15) is 0 Å². The highest BCUT2D eigenvalue weighted by molar-refractivity contribution is 5.51. The zero-order valence-corrected chi connectivity index (χ0v) is 8.54. The van der Waals surface area contributed by atoms with E-state index in [-0.39, 0.29) is 0 Å². The Morgan fingerprint density at radius 3 is 2.62 bits per heavy atom. The number of rotatable bonds is 1. The first-order valence-corrected chi connectivity index (χ1v) is 5.08. The molecule has 0 spiro atoms. The molecule has 1 aliphatic heterocycles. The van der Waals surface area contributed by atoms with Gasteiger partial charge in [-0.1, -0.05) is 42.5 Å². The Bertz CT molecular complexity index is 657. The monoisotopic (exact) mass is 207 g/mol. The van der Waals surface area contributed by atoms with Gasteiger partial charge in [0.15, 0.2) is 0 Å². The average molecular weight is 207 g/mol. The molecule has 0 unspecified atom stereocenters. The Kier molecular flexibility index (Phi) is 2.07. The molecule has 2 aromatic rings. The maximum absolute atomic E-state index is 4.02. The third-order valence-electron chi connectivity index (χ3n) is 2.46. The zero-order valence-electron chi connectivity index (χ0n) is 8.54. The van der Waals surface area contributed by atoms with Crippen LogP contribution in [-0.4, -0.2) is 0 Å². The SMILES string of the molecule is C(c1ccccc1)=c1cccc2c1=NN=N2. The predicted octanol–water partition coefficient (Wildman–Crippen LogP) is 2.15. The van der Waals surface area contributed by atoms with Crippen molar-refractivity contribution in [2.24, 2.45) is 15.4 Å². The van der Waals surface area contributed by atoms with Gasteiger partial charge in [-0.05, 0) is 22.9 Å². The van der Waals surface area contributed by atoms with E-state index in [0.717, 1.165) is 21.8 Å². The van der Waals surface area contributed by atoms with Gasteiger partial charge < -0.3 is 0 Å². The molecular weight excluding hydrogens is 198 g/mol. The first-order valence-electron chi connectivity index (χ1n) is 5.08. The van der Waals surface area contributed by atoms with Crippen LogP contribution < -0.4 is 10.6 Å². The van der Waals surface area contributed by atoms with Crippen LogP contribution in [0.2, 0.25) is 0 Å². The molecule has 0 amide bonds. The number of hydrogen-bond acceptors (Lipinski definition) is 3.